The fourth-order valence-electron chi connectivity index (χ4n) is 2.86. The molecule has 1 heterocycles. The molecule has 8 nitrogen and oxygen atoms in total. The third-order valence-electron chi connectivity index (χ3n) is 4.23. The number of esters is 1. The molecule has 1 amide bonds. The second-order valence-electron chi connectivity index (χ2n) is 7.72. The molecule has 1 fully saturated rings. The summed E-state index contributed by atoms with van der Waals surface area (Å²) in [7, 11) is -2.77. The summed E-state index contributed by atoms with van der Waals surface area (Å²) in [5, 5.41) is 0. The molecule has 0 spiro atoms. The van der Waals surface area contributed by atoms with Crippen LogP contribution in [0.25, 0.3) is 0 Å². The summed E-state index contributed by atoms with van der Waals surface area (Å²) in [4.78, 5) is 25.9. The number of carbonyl (C=O) groups excluding carboxylic acids is 2. The molecule has 0 N–H and O–H groups in total. The van der Waals surface area contributed by atoms with E-state index in [2.05, 4.69) is 0 Å². The highest BCUT2D eigenvalue weighted by Crippen LogP contribution is 2.26. The molecular formula is C19H27NO7S. The maximum atomic E-state index is 12.5. The summed E-state index contributed by atoms with van der Waals surface area (Å²) in [6.45, 7) is 7.14. The lowest BCUT2D eigenvalue weighted by molar-refractivity contribution is -0.149. The zero-order valence-electron chi connectivity index (χ0n) is 16.8. The summed E-state index contributed by atoms with van der Waals surface area (Å²) in [5.41, 5.74) is 0.204. The molecule has 0 aromatic heterocycles. The third-order valence-corrected chi connectivity index (χ3v) is 5.60. The van der Waals surface area contributed by atoms with Crippen molar-refractivity contribution in [2.75, 3.05) is 13.7 Å². The van der Waals surface area contributed by atoms with Crippen LogP contribution in [0.5, 0.6) is 0 Å². The van der Waals surface area contributed by atoms with Gasteiger partial charge in [-0.15, -0.1) is 0 Å². The summed E-state index contributed by atoms with van der Waals surface area (Å²) in [6.07, 6.45) is -1.16. The number of likely N-dealkylation sites (tertiary alicyclic amines) is 1. The van der Waals surface area contributed by atoms with E-state index in [9.17, 15) is 18.0 Å². The minimum Gasteiger partial charge on any atom is -0.467 e. The van der Waals surface area contributed by atoms with Crippen molar-refractivity contribution in [3.05, 3.63) is 29.8 Å². The maximum Gasteiger partial charge on any atom is 0.411 e. The van der Waals surface area contributed by atoms with Crippen molar-refractivity contribution in [3.8, 4) is 0 Å². The van der Waals surface area contributed by atoms with E-state index in [1.54, 1.807) is 32.9 Å². The number of rotatable bonds is 4. The van der Waals surface area contributed by atoms with Crippen molar-refractivity contribution in [2.24, 2.45) is 0 Å². The van der Waals surface area contributed by atoms with Crippen molar-refractivity contribution in [1.82, 2.24) is 4.90 Å². The Bertz CT molecular complexity index is 812. The van der Waals surface area contributed by atoms with Gasteiger partial charge in [0.15, 0.2) is 0 Å². The van der Waals surface area contributed by atoms with Crippen LogP contribution in [0.15, 0.2) is 29.2 Å². The standard InChI is InChI=1S/C19H27NO7S/c1-13-6-8-15(9-7-13)28(23,24)27-14-10-11-20(16(12-14)17(21)25-5)18(22)26-19(2,3)4/h6-9,14,16H,10-12H2,1-5H3/t14-,16-/m0/s1. The first-order valence-electron chi connectivity index (χ1n) is 9.00. The molecule has 2 atom stereocenters. The molecule has 9 heteroatoms. The molecular weight excluding hydrogens is 386 g/mol. The number of methoxy groups -OCH3 is 1. The lowest BCUT2D eigenvalue weighted by Gasteiger charge is -2.37. The maximum absolute atomic E-state index is 12.5. The van der Waals surface area contributed by atoms with Crippen LogP contribution < -0.4 is 0 Å². The largest absolute Gasteiger partial charge is 0.467 e. The van der Waals surface area contributed by atoms with Gasteiger partial charge in [-0.1, -0.05) is 17.7 Å². The SMILES string of the molecule is COC(=O)[C@@H]1C[C@@H](OS(=O)(=O)c2ccc(C)cc2)CCN1C(=O)OC(C)(C)C. The molecule has 1 aromatic rings. The number of carbonyl (C=O) groups is 2. The molecule has 0 unspecified atom stereocenters. The number of hydrogen-bond acceptors (Lipinski definition) is 7. The highest BCUT2D eigenvalue weighted by molar-refractivity contribution is 7.86. The van der Waals surface area contributed by atoms with E-state index in [-0.39, 0.29) is 24.3 Å². The Hall–Kier alpha value is -2.13. The van der Waals surface area contributed by atoms with Gasteiger partial charge in [0.1, 0.15) is 11.6 Å². The Labute approximate surface area is 165 Å². The molecule has 28 heavy (non-hydrogen) atoms. The Morgan fingerprint density at radius 1 is 1.14 bits per heavy atom. The van der Waals surface area contributed by atoms with Crippen molar-refractivity contribution >= 4 is 22.2 Å². The van der Waals surface area contributed by atoms with Crippen molar-refractivity contribution in [2.45, 2.75) is 63.2 Å². The highest BCUT2D eigenvalue weighted by Gasteiger charge is 2.40. The van der Waals surface area contributed by atoms with Crippen LogP contribution in [0.3, 0.4) is 0 Å². The van der Waals surface area contributed by atoms with Gasteiger partial charge in [0.25, 0.3) is 10.1 Å². The van der Waals surface area contributed by atoms with E-state index in [1.165, 1.54) is 24.1 Å². The first-order chi connectivity index (χ1) is 12.9. The van der Waals surface area contributed by atoms with E-state index < -0.39 is 39.9 Å². The minimum absolute atomic E-state index is 0.00297. The quantitative estimate of drug-likeness (QED) is 0.553. The fourth-order valence-corrected chi connectivity index (χ4v) is 3.97. The zero-order valence-corrected chi connectivity index (χ0v) is 17.6. The predicted octanol–water partition coefficient (Wildman–Crippen LogP) is 2.64. The predicted molar refractivity (Wildman–Crippen MR) is 101 cm³/mol. The van der Waals surface area contributed by atoms with Crippen LogP contribution in [0.2, 0.25) is 0 Å². The second kappa shape index (κ2) is 8.48. The average Bonchev–Trinajstić information content (AvgIpc) is 2.59. The van der Waals surface area contributed by atoms with E-state index in [1.807, 2.05) is 6.92 Å². The number of hydrogen-bond donors (Lipinski definition) is 0. The molecule has 1 aliphatic rings. The van der Waals surface area contributed by atoms with Crippen LogP contribution in [0, 0.1) is 6.92 Å². The second-order valence-corrected chi connectivity index (χ2v) is 9.29. The number of nitrogens with zero attached hydrogens (tertiary/aromatic N) is 1. The number of aryl methyl sites for hydroxylation is 1. The molecule has 1 saturated heterocycles. The van der Waals surface area contributed by atoms with Crippen molar-refractivity contribution < 1.29 is 31.7 Å². The van der Waals surface area contributed by atoms with Gasteiger partial charge in [0.05, 0.1) is 18.1 Å². The van der Waals surface area contributed by atoms with Gasteiger partial charge in [-0.05, 0) is 46.2 Å². The Morgan fingerprint density at radius 3 is 2.29 bits per heavy atom. The molecule has 0 aliphatic carbocycles. The number of piperidine rings is 1. The highest BCUT2D eigenvalue weighted by atomic mass is 32.2. The van der Waals surface area contributed by atoms with E-state index in [0.29, 0.717) is 0 Å². The van der Waals surface area contributed by atoms with E-state index >= 15 is 0 Å². The first-order valence-corrected chi connectivity index (χ1v) is 10.4. The Balaban J connectivity index is 2.14. The number of amides is 1. The van der Waals surface area contributed by atoms with Crippen molar-refractivity contribution in [1.29, 1.82) is 0 Å². The topological polar surface area (TPSA) is 99.2 Å². The normalized spacial score (nSPS) is 20.5. The lowest BCUT2D eigenvalue weighted by Crippen LogP contribution is -2.53. The summed E-state index contributed by atoms with van der Waals surface area (Å²) < 4.78 is 40.5. The van der Waals surface area contributed by atoms with Gasteiger partial charge in [0, 0.05) is 13.0 Å². The summed E-state index contributed by atoms with van der Waals surface area (Å²) in [5.74, 6) is -0.646. The molecule has 156 valence electrons. The minimum atomic E-state index is -3.99. The van der Waals surface area contributed by atoms with Crippen LogP contribution >= 0.6 is 0 Å². The molecule has 0 radical (unpaired) electrons. The molecule has 1 aromatic carbocycles. The third kappa shape index (κ3) is 5.68. The van der Waals surface area contributed by atoms with Gasteiger partial charge in [0.2, 0.25) is 0 Å². The van der Waals surface area contributed by atoms with Crippen LogP contribution in [-0.2, 0) is 28.6 Å². The summed E-state index contributed by atoms with van der Waals surface area (Å²) in [6, 6.07) is 5.32. The molecule has 2 rings (SSSR count). The molecule has 1 aliphatic heterocycles. The smallest absolute Gasteiger partial charge is 0.411 e. The fraction of sp³-hybridized carbons (Fsp3) is 0.579. The van der Waals surface area contributed by atoms with Gasteiger partial charge < -0.3 is 9.47 Å². The van der Waals surface area contributed by atoms with E-state index in [4.69, 9.17) is 13.7 Å². The lowest BCUT2D eigenvalue weighted by atomic mass is 10.00. The Morgan fingerprint density at radius 2 is 1.75 bits per heavy atom. The average molecular weight is 413 g/mol. The van der Waals surface area contributed by atoms with E-state index in [0.717, 1.165) is 5.56 Å². The monoisotopic (exact) mass is 413 g/mol. The van der Waals surface area contributed by atoms with Crippen molar-refractivity contribution in [3.63, 3.8) is 0 Å². The van der Waals surface area contributed by atoms with Gasteiger partial charge in [-0.3, -0.25) is 9.08 Å². The van der Waals surface area contributed by atoms with Crippen LogP contribution in [-0.4, -0.2) is 56.8 Å². The van der Waals surface area contributed by atoms with Gasteiger partial charge in [-0.2, -0.15) is 8.42 Å². The number of benzene rings is 1. The molecule has 0 saturated carbocycles. The first kappa shape index (κ1) is 22.2. The summed E-state index contributed by atoms with van der Waals surface area (Å²) >= 11 is 0. The van der Waals surface area contributed by atoms with Gasteiger partial charge in [-0.25, -0.2) is 9.59 Å². The van der Waals surface area contributed by atoms with Crippen LogP contribution in [0.1, 0.15) is 39.2 Å². The van der Waals surface area contributed by atoms with Crippen LogP contribution in [0.4, 0.5) is 4.79 Å². The number of ether oxygens (including phenoxy) is 2. The van der Waals surface area contributed by atoms with Gasteiger partial charge >= 0.3 is 12.1 Å². The Kier molecular flexibility index (Phi) is 6.71. The zero-order chi connectivity index (χ0) is 21.1. The molecule has 0 bridgehead atoms.